The Kier molecular flexibility index (Phi) is 4.90. The topological polar surface area (TPSA) is 34.1 Å². The van der Waals surface area contributed by atoms with E-state index < -0.39 is 0 Å². The summed E-state index contributed by atoms with van der Waals surface area (Å²) in [5.41, 5.74) is 2.47. The van der Waals surface area contributed by atoms with Crippen LogP contribution in [0.25, 0.3) is 0 Å². The van der Waals surface area contributed by atoms with Crippen molar-refractivity contribution in [2.24, 2.45) is 0 Å². The molecule has 3 heteroatoms. The molecule has 0 radical (unpaired) electrons. The van der Waals surface area contributed by atoms with Gasteiger partial charge in [0, 0.05) is 37.5 Å². The Morgan fingerprint density at radius 3 is 2.56 bits per heavy atom. The quantitative estimate of drug-likeness (QED) is 0.775. The van der Waals surface area contributed by atoms with Crippen LogP contribution in [0.4, 0.5) is 0 Å². The van der Waals surface area contributed by atoms with E-state index in [2.05, 4.69) is 43.2 Å². The maximum Gasteiger partial charge on any atom is 0.0587 e. The first kappa shape index (κ1) is 13.1. The van der Waals surface area contributed by atoms with E-state index in [1.807, 2.05) is 6.20 Å². The Bertz CT molecular complexity index is 301. The van der Waals surface area contributed by atoms with Crippen LogP contribution in [-0.4, -0.2) is 25.2 Å². The fourth-order valence-electron chi connectivity index (χ4n) is 1.38. The summed E-state index contributed by atoms with van der Waals surface area (Å²) in [6.45, 7) is 8.98. The number of nitrogens with zero attached hydrogens (tertiary/aromatic N) is 1. The number of pyridine rings is 1. The molecule has 0 fully saturated rings. The smallest absolute Gasteiger partial charge is 0.0587 e. The van der Waals surface area contributed by atoms with Gasteiger partial charge in [0.1, 0.15) is 0 Å². The lowest BCUT2D eigenvalue weighted by Gasteiger charge is -2.17. The molecule has 1 rings (SSSR count). The molecule has 1 N–H and O–H groups in total. The highest BCUT2D eigenvalue weighted by Crippen LogP contribution is 2.19. The van der Waals surface area contributed by atoms with Crippen molar-refractivity contribution >= 4 is 0 Å². The van der Waals surface area contributed by atoms with Crippen molar-refractivity contribution in [3.8, 4) is 0 Å². The average molecular weight is 222 g/mol. The molecule has 0 aliphatic heterocycles. The molecule has 0 aliphatic rings. The Balaban J connectivity index is 2.46. The molecule has 0 aromatic carbocycles. The molecule has 0 amide bonds. The number of nitrogens with one attached hydrogen (secondary N) is 1. The summed E-state index contributed by atoms with van der Waals surface area (Å²) in [6, 6.07) is 4.24. The standard InChI is InChI=1S/C13H22N2O/c1-13(2,3)12-6-5-11(10-15-12)9-14-7-8-16-4/h5-6,10,14H,7-9H2,1-4H3. The van der Waals surface area contributed by atoms with Crippen LogP contribution in [0.1, 0.15) is 32.0 Å². The van der Waals surface area contributed by atoms with Crippen molar-refractivity contribution in [1.82, 2.24) is 10.3 Å². The third-order valence-corrected chi connectivity index (χ3v) is 2.41. The van der Waals surface area contributed by atoms with E-state index in [1.165, 1.54) is 5.56 Å². The van der Waals surface area contributed by atoms with Crippen molar-refractivity contribution in [2.75, 3.05) is 20.3 Å². The Morgan fingerprint density at radius 2 is 2.06 bits per heavy atom. The normalized spacial score (nSPS) is 11.8. The summed E-state index contributed by atoms with van der Waals surface area (Å²) in [5, 5.41) is 3.30. The first-order valence-electron chi connectivity index (χ1n) is 5.69. The van der Waals surface area contributed by atoms with Crippen LogP contribution in [0.2, 0.25) is 0 Å². The summed E-state index contributed by atoms with van der Waals surface area (Å²) in [6.07, 6.45) is 1.94. The van der Waals surface area contributed by atoms with E-state index in [-0.39, 0.29) is 5.41 Å². The monoisotopic (exact) mass is 222 g/mol. The van der Waals surface area contributed by atoms with E-state index in [9.17, 15) is 0 Å². The maximum atomic E-state index is 4.97. The number of rotatable bonds is 5. The molecular weight excluding hydrogens is 200 g/mol. The van der Waals surface area contributed by atoms with Gasteiger partial charge in [-0.05, 0) is 11.6 Å². The molecule has 0 bridgehead atoms. The van der Waals surface area contributed by atoms with Gasteiger partial charge >= 0.3 is 0 Å². The summed E-state index contributed by atoms with van der Waals surface area (Å²) >= 11 is 0. The van der Waals surface area contributed by atoms with Crippen LogP contribution in [0.3, 0.4) is 0 Å². The molecule has 0 saturated heterocycles. The highest BCUT2D eigenvalue weighted by atomic mass is 16.5. The van der Waals surface area contributed by atoms with Crippen LogP contribution < -0.4 is 5.32 Å². The molecule has 1 aromatic rings. The summed E-state index contributed by atoms with van der Waals surface area (Å²) < 4.78 is 4.97. The van der Waals surface area contributed by atoms with Gasteiger partial charge in [-0.2, -0.15) is 0 Å². The molecule has 90 valence electrons. The largest absolute Gasteiger partial charge is 0.383 e. The minimum Gasteiger partial charge on any atom is -0.383 e. The van der Waals surface area contributed by atoms with Crippen LogP contribution >= 0.6 is 0 Å². The van der Waals surface area contributed by atoms with Gasteiger partial charge in [-0.1, -0.05) is 26.8 Å². The fourth-order valence-corrected chi connectivity index (χ4v) is 1.38. The minimum atomic E-state index is 0.127. The third kappa shape index (κ3) is 4.29. The number of aromatic nitrogens is 1. The molecule has 0 spiro atoms. The predicted molar refractivity (Wildman–Crippen MR) is 66.5 cm³/mol. The fraction of sp³-hybridized carbons (Fsp3) is 0.615. The zero-order chi connectivity index (χ0) is 12.0. The van der Waals surface area contributed by atoms with E-state index in [0.717, 1.165) is 25.4 Å². The first-order chi connectivity index (χ1) is 7.54. The van der Waals surface area contributed by atoms with E-state index >= 15 is 0 Å². The molecule has 0 saturated carbocycles. The number of hydrogen-bond acceptors (Lipinski definition) is 3. The number of methoxy groups -OCH3 is 1. The van der Waals surface area contributed by atoms with Crippen molar-refractivity contribution in [3.05, 3.63) is 29.6 Å². The van der Waals surface area contributed by atoms with E-state index in [4.69, 9.17) is 4.74 Å². The number of hydrogen-bond donors (Lipinski definition) is 1. The van der Waals surface area contributed by atoms with Crippen LogP contribution in [0.5, 0.6) is 0 Å². The van der Waals surface area contributed by atoms with Crippen LogP contribution in [0.15, 0.2) is 18.3 Å². The summed E-state index contributed by atoms with van der Waals surface area (Å²) in [4.78, 5) is 4.48. The van der Waals surface area contributed by atoms with Crippen molar-refractivity contribution in [2.45, 2.75) is 32.7 Å². The Hall–Kier alpha value is -0.930. The minimum absolute atomic E-state index is 0.127. The van der Waals surface area contributed by atoms with E-state index in [0.29, 0.717) is 0 Å². The molecule has 16 heavy (non-hydrogen) atoms. The molecule has 3 nitrogen and oxygen atoms in total. The average Bonchev–Trinajstić information content (AvgIpc) is 2.24. The van der Waals surface area contributed by atoms with Crippen LogP contribution in [0, 0.1) is 0 Å². The summed E-state index contributed by atoms with van der Waals surface area (Å²) in [5.74, 6) is 0. The molecule has 0 atom stereocenters. The Morgan fingerprint density at radius 1 is 1.31 bits per heavy atom. The third-order valence-electron chi connectivity index (χ3n) is 2.41. The highest BCUT2D eigenvalue weighted by Gasteiger charge is 2.14. The van der Waals surface area contributed by atoms with Gasteiger partial charge in [0.15, 0.2) is 0 Å². The highest BCUT2D eigenvalue weighted by molar-refractivity contribution is 5.18. The molecular formula is C13H22N2O. The molecule has 0 unspecified atom stereocenters. The van der Waals surface area contributed by atoms with Gasteiger partial charge < -0.3 is 10.1 Å². The van der Waals surface area contributed by atoms with Gasteiger partial charge in [0.05, 0.1) is 6.61 Å². The lowest BCUT2D eigenvalue weighted by Crippen LogP contribution is -2.19. The zero-order valence-electron chi connectivity index (χ0n) is 10.7. The number of ether oxygens (including phenoxy) is 1. The SMILES string of the molecule is COCCNCc1ccc(C(C)(C)C)nc1. The molecule has 1 heterocycles. The van der Waals surface area contributed by atoms with Gasteiger partial charge in [-0.15, -0.1) is 0 Å². The van der Waals surface area contributed by atoms with Crippen LogP contribution in [-0.2, 0) is 16.7 Å². The zero-order valence-corrected chi connectivity index (χ0v) is 10.7. The van der Waals surface area contributed by atoms with Gasteiger partial charge in [0.2, 0.25) is 0 Å². The van der Waals surface area contributed by atoms with Gasteiger partial charge in [-0.25, -0.2) is 0 Å². The second kappa shape index (κ2) is 5.97. The van der Waals surface area contributed by atoms with E-state index in [1.54, 1.807) is 7.11 Å². The van der Waals surface area contributed by atoms with Gasteiger partial charge in [-0.3, -0.25) is 4.98 Å². The molecule has 0 aliphatic carbocycles. The lowest BCUT2D eigenvalue weighted by atomic mass is 9.91. The lowest BCUT2D eigenvalue weighted by molar-refractivity contribution is 0.199. The molecule has 1 aromatic heterocycles. The van der Waals surface area contributed by atoms with Gasteiger partial charge in [0.25, 0.3) is 0 Å². The van der Waals surface area contributed by atoms with Crippen molar-refractivity contribution < 1.29 is 4.74 Å². The first-order valence-corrected chi connectivity index (χ1v) is 5.69. The van der Waals surface area contributed by atoms with Crippen molar-refractivity contribution in [3.63, 3.8) is 0 Å². The Labute approximate surface area is 98.2 Å². The predicted octanol–water partition coefficient (Wildman–Crippen LogP) is 2.12. The second-order valence-electron chi connectivity index (χ2n) is 4.97. The summed E-state index contributed by atoms with van der Waals surface area (Å²) in [7, 11) is 1.71. The van der Waals surface area contributed by atoms with Crippen molar-refractivity contribution in [1.29, 1.82) is 0 Å². The second-order valence-corrected chi connectivity index (χ2v) is 4.97. The maximum absolute atomic E-state index is 4.97.